The molecule has 2 aromatic carbocycles. The molecule has 3 aromatic rings. The van der Waals surface area contributed by atoms with Crippen molar-refractivity contribution < 1.29 is 42.5 Å². The van der Waals surface area contributed by atoms with Crippen LogP contribution >= 0.6 is 0 Å². The molecule has 0 aliphatic carbocycles. The molecule has 40 heavy (non-hydrogen) atoms. The van der Waals surface area contributed by atoms with Crippen LogP contribution in [0.5, 0.6) is 11.5 Å². The van der Waals surface area contributed by atoms with Crippen LogP contribution in [0, 0.1) is 11.6 Å². The van der Waals surface area contributed by atoms with Gasteiger partial charge >= 0.3 is 12.1 Å². The van der Waals surface area contributed by atoms with Crippen molar-refractivity contribution in [3.05, 3.63) is 92.9 Å². The first kappa shape index (κ1) is 29.6. The summed E-state index contributed by atoms with van der Waals surface area (Å²) >= 11 is 0. The first-order chi connectivity index (χ1) is 18.8. The zero-order valence-electron chi connectivity index (χ0n) is 22.0. The SMILES string of the molecule is COC(=O)c1c(OCc2ccccc2)c(=O)c(C(=O)NCc2c(O)cc(F)cc2F)cn1NC(=O)OC(C)(C)C. The Morgan fingerprint density at radius 3 is 2.35 bits per heavy atom. The van der Waals surface area contributed by atoms with Crippen LogP contribution in [-0.2, 0) is 22.6 Å². The number of phenols is 1. The Balaban J connectivity index is 2.07. The van der Waals surface area contributed by atoms with Crippen LogP contribution in [0.15, 0.2) is 53.5 Å². The van der Waals surface area contributed by atoms with Gasteiger partial charge in [-0.3, -0.25) is 9.59 Å². The number of rotatable bonds is 8. The van der Waals surface area contributed by atoms with E-state index in [-0.39, 0.29) is 6.61 Å². The van der Waals surface area contributed by atoms with Gasteiger partial charge in [0, 0.05) is 30.4 Å². The molecule has 0 bridgehead atoms. The van der Waals surface area contributed by atoms with Gasteiger partial charge in [0.25, 0.3) is 5.91 Å². The van der Waals surface area contributed by atoms with Crippen LogP contribution in [0.4, 0.5) is 13.6 Å². The van der Waals surface area contributed by atoms with Crippen LogP contribution in [0.3, 0.4) is 0 Å². The molecule has 2 amide bonds. The van der Waals surface area contributed by atoms with Crippen molar-refractivity contribution in [3.8, 4) is 11.5 Å². The van der Waals surface area contributed by atoms with E-state index in [4.69, 9.17) is 14.2 Å². The number of benzene rings is 2. The van der Waals surface area contributed by atoms with Crippen molar-refractivity contribution in [2.75, 3.05) is 12.5 Å². The molecular formula is C27H27F2N3O8. The zero-order valence-corrected chi connectivity index (χ0v) is 22.0. The lowest BCUT2D eigenvalue weighted by Gasteiger charge is -2.22. The normalized spacial score (nSPS) is 10.9. The van der Waals surface area contributed by atoms with E-state index in [1.807, 2.05) is 0 Å². The highest BCUT2D eigenvalue weighted by Gasteiger charge is 2.28. The van der Waals surface area contributed by atoms with Gasteiger partial charge in [0.2, 0.25) is 11.2 Å². The summed E-state index contributed by atoms with van der Waals surface area (Å²) in [5.74, 6) is -5.71. The quantitative estimate of drug-likeness (QED) is 0.355. The highest BCUT2D eigenvalue weighted by Crippen LogP contribution is 2.22. The van der Waals surface area contributed by atoms with E-state index in [9.17, 15) is 33.1 Å². The average Bonchev–Trinajstić information content (AvgIpc) is 2.86. The number of pyridine rings is 1. The predicted octanol–water partition coefficient (Wildman–Crippen LogP) is 3.61. The molecule has 0 aliphatic heterocycles. The zero-order chi connectivity index (χ0) is 29.6. The maximum Gasteiger partial charge on any atom is 0.426 e. The highest BCUT2D eigenvalue weighted by atomic mass is 19.1. The molecule has 0 saturated carbocycles. The van der Waals surface area contributed by atoms with Crippen molar-refractivity contribution in [2.45, 2.75) is 39.5 Å². The number of nitrogens with zero attached hydrogens (tertiary/aromatic N) is 1. The van der Waals surface area contributed by atoms with Crippen LogP contribution in [0.2, 0.25) is 0 Å². The lowest BCUT2D eigenvalue weighted by Crippen LogP contribution is -2.37. The first-order valence-electron chi connectivity index (χ1n) is 11.8. The number of carbonyl (C=O) groups is 3. The van der Waals surface area contributed by atoms with Gasteiger partial charge in [0.15, 0.2) is 5.69 Å². The number of aromatic nitrogens is 1. The third kappa shape index (κ3) is 7.34. The van der Waals surface area contributed by atoms with Gasteiger partial charge in [-0.2, -0.15) is 0 Å². The lowest BCUT2D eigenvalue weighted by molar-refractivity contribution is 0.0572. The second kappa shape index (κ2) is 12.3. The third-order valence-electron chi connectivity index (χ3n) is 5.19. The Labute approximate surface area is 227 Å². The number of esters is 1. The van der Waals surface area contributed by atoms with E-state index in [0.717, 1.165) is 18.0 Å². The van der Waals surface area contributed by atoms with Crippen LogP contribution in [0.25, 0.3) is 0 Å². The fraction of sp³-hybridized carbons (Fsp3) is 0.259. The van der Waals surface area contributed by atoms with E-state index in [1.54, 1.807) is 51.1 Å². The summed E-state index contributed by atoms with van der Waals surface area (Å²) in [6, 6.07) is 9.74. The molecule has 13 heteroatoms. The summed E-state index contributed by atoms with van der Waals surface area (Å²) in [4.78, 5) is 51.7. The maximum atomic E-state index is 14.1. The molecule has 3 N–H and O–H groups in total. The van der Waals surface area contributed by atoms with Crippen molar-refractivity contribution in [1.29, 1.82) is 0 Å². The summed E-state index contributed by atoms with van der Waals surface area (Å²) < 4.78 is 43.8. The summed E-state index contributed by atoms with van der Waals surface area (Å²) in [6.07, 6.45) is -0.204. The Hall–Kier alpha value is -4.94. The van der Waals surface area contributed by atoms with Crippen LogP contribution < -0.4 is 20.9 Å². The average molecular weight is 560 g/mol. The minimum Gasteiger partial charge on any atom is -0.507 e. The number of methoxy groups -OCH3 is 1. The Morgan fingerprint density at radius 1 is 1.07 bits per heavy atom. The fourth-order valence-corrected chi connectivity index (χ4v) is 3.42. The van der Waals surface area contributed by atoms with E-state index in [0.29, 0.717) is 17.7 Å². The van der Waals surface area contributed by atoms with E-state index >= 15 is 0 Å². The van der Waals surface area contributed by atoms with Gasteiger partial charge in [-0.1, -0.05) is 30.3 Å². The number of nitrogens with one attached hydrogen (secondary N) is 2. The molecule has 212 valence electrons. The molecule has 0 radical (unpaired) electrons. The third-order valence-corrected chi connectivity index (χ3v) is 5.19. The van der Waals surface area contributed by atoms with Gasteiger partial charge in [0.1, 0.15) is 35.2 Å². The van der Waals surface area contributed by atoms with Crippen LogP contribution in [-0.4, -0.2) is 40.5 Å². The molecule has 3 rings (SSSR count). The topological polar surface area (TPSA) is 145 Å². The summed E-state index contributed by atoms with van der Waals surface area (Å²) in [5.41, 5.74) is -0.745. The second-order valence-electron chi connectivity index (χ2n) is 9.37. The van der Waals surface area contributed by atoms with Crippen molar-refractivity contribution in [2.24, 2.45) is 0 Å². The van der Waals surface area contributed by atoms with Gasteiger partial charge in [-0.05, 0) is 26.3 Å². The van der Waals surface area contributed by atoms with E-state index in [2.05, 4.69) is 10.7 Å². The maximum absolute atomic E-state index is 14.1. The molecule has 1 heterocycles. The van der Waals surface area contributed by atoms with Gasteiger partial charge in [0.05, 0.1) is 7.11 Å². The number of phenolic OH excluding ortho intramolecular Hbond substituents is 1. The predicted molar refractivity (Wildman–Crippen MR) is 138 cm³/mol. The monoisotopic (exact) mass is 559 g/mol. The Kier molecular flexibility index (Phi) is 9.09. The largest absolute Gasteiger partial charge is 0.507 e. The second-order valence-corrected chi connectivity index (χ2v) is 9.37. The minimum atomic E-state index is -1.13. The van der Waals surface area contributed by atoms with Crippen molar-refractivity contribution >= 4 is 18.0 Å². The highest BCUT2D eigenvalue weighted by molar-refractivity contribution is 5.97. The molecule has 0 atom stereocenters. The summed E-state index contributed by atoms with van der Waals surface area (Å²) in [5, 5.41) is 12.1. The number of hydrogen-bond donors (Lipinski definition) is 3. The molecular weight excluding hydrogens is 532 g/mol. The molecule has 1 aromatic heterocycles. The molecule has 0 aliphatic rings. The summed E-state index contributed by atoms with van der Waals surface area (Å²) in [7, 11) is 1.04. The van der Waals surface area contributed by atoms with Gasteiger partial charge in [-0.25, -0.2) is 28.5 Å². The van der Waals surface area contributed by atoms with E-state index < -0.39 is 75.5 Å². The Morgan fingerprint density at radius 2 is 1.75 bits per heavy atom. The number of aromatic hydroxyl groups is 1. The number of amides is 2. The minimum absolute atomic E-state index is 0.202. The molecule has 0 fully saturated rings. The van der Waals surface area contributed by atoms with E-state index in [1.165, 1.54) is 0 Å². The molecule has 0 saturated heterocycles. The number of halogens is 2. The number of carbonyl (C=O) groups excluding carboxylic acids is 3. The standard InChI is InChI=1S/C27H27F2N3O8/c1-27(2,3)40-26(37)31-32-13-18(24(35)30-12-17-19(29)10-16(28)11-20(17)33)22(34)23(21(32)25(36)38-4)39-14-15-8-6-5-7-9-15/h5-11,13,33H,12,14H2,1-4H3,(H,30,35)(H,31,37). The van der Waals surface area contributed by atoms with Crippen molar-refractivity contribution in [1.82, 2.24) is 9.99 Å². The number of hydrogen-bond acceptors (Lipinski definition) is 8. The number of ether oxygens (including phenoxy) is 3. The Bertz CT molecular complexity index is 1460. The van der Waals surface area contributed by atoms with Crippen LogP contribution in [0.1, 0.15) is 52.7 Å². The first-order valence-corrected chi connectivity index (χ1v) is 11.8. The lowest BCUT2D eigenvalue weighted by atomic mass is 10.1. The van der Waals surface area contributed by atoms with Gasteiger partial charge < -0.3 is 24.6 Å². The smallest absolute Gasteiger partial charge is 0.426 e. The fourth-order valence-electron chi connectivity index (χ4n) is 3.42. The summed E-state index contributed by atoms with van der Waals surface area (Å²) in [6.45, 7) is 3.95. The molecule has 11 nitrogen and oxygen atoms in total. The van der Waals surface area contributed by atoms with Gasteiger partial charge in [-0.15, -0.1) is 0 Å². The molecule has 0 unspecified atom stereocenters. The van der Waals surface area contributed by atoms with Crippen molar-refractivity contribution in [3.63, 3.8) is 0 Å². The molecule has 0 spiro atoms.